The molecular weight excluding hydrogens is 428 g/mol. The lowest BCUT2D eigenvalue weighted by molar-refractivity contribution is 0.0629. The van der Waals surface area contributed by atoms with Gasteiger partial charge in [0.05, 0.1) is 11.4 Å². The number of benzene rings is 2. The van der Waals surface area contributed by atoms with Crippen molar-refractivity contribution in [2.24, 2.45) is 27.0 Å². The first kappa shape index (κ1) is 25.2. The van der Waals surface area contributed by atoms with Gasteiger partial charge in [0.1, 0.15) is 0 Å². The molecule has 182 valence electrons. The molecule has 0 heterocycles. The quantitative estimate of drug-likeness (QED) is 0.352. The van der Waals surface area contributed by atoms with Crippen LogP contribution in [-0.4, -0.2) is 25.7 Å². The summed E-state index contributed by atoms with van der Waals surface area (Å²) in [5.41, 5.74) is 3.12. The number of hydrogen-bond donors (Lipinski definition) is 4. The predicted octanol–water partition coefficient (Wildman–Crippen LogP) is 6.83. The van der Waals surface area contributed by atoms with Crippen molar-refractivity contribution in [1.82, 2.24) is 10.6 Å². The zero-order valence-corrected chi connectivity index (χ0v) is 20.7. The molecule has 2 atom stereocenters. The Hall–Kier alpha value is -3.42. The average molecular weight is 465 g/mol. The molecule has 1 saturated carbocycles. The molecular formula is C26H36N6O2. The number of carbonyl (C=O) groups is 2. The fourth-order valence-corrected chi connectivity index (χ4v) is 5.29. The summed E-state index contributed by atoms with van der Waals surface area (Å²) < 4.78 is 0. The molecule has 8 nitrogen and oxygen atoms in total. The molecule has 0 aliphatic heterocycles. The summed E-state index contributed by atoms with van der Waals surface area (Å²) >= 11 is 0. The number of amides is 4. The van der Waals surface area contributed by atoms with Crippen molar-refractivity contribution in [3.8, 4) is 0 Å². The summed E-state index contributed by atoms with van der Waals surface area (Å²) in [5, 5.41) is 19.6. The van der Waals surface area contributed by atoms with E-state index < -0.39 is 0 Å². The molecule has 1 aliphatic carbocycles. The average Bonchev–Trinajstić information content (AvgIpc) is 2.76. The highest BCUT2D eigenvalue weighted by molar-refractivity contribution is 5.89. The Morgan fingerprint density at radius 1 is 0.853 bits per heavy atom. The van der Waals surface area contributed by atoms with Gasteiger partial charge in [-0.25, -0.2) is 9.59 Å². The molecule has 0 spiro atoms. The SMILES string of the molecule is CNC(=O)Nc1ccc(N=Nc2ccc(NC(=O)NCC3(C)CC(C)CC(C)(C)C3)cc2)cc1. The van der Waals surface area contributed by atoms with Gasteiger partial charge in [-0.15, -0.1) is 0 Å². The van der Waals surface area contributed by atoms with E-state index in [9.17, 15) is 9.59 Å². The summed E-state index contributed by atoms with van der Waals surface area (Å²) in [4.78, 5) is 23.8. The van der Waals surface area contributed by atoms with Gasteiger partial charge in [0, 0.05) is 25.0 Å². The van der Waals surface area contributed by atoms with E-state index in [0.29, 0.717) is 40.6 Å². The molecule has 2 aromatic rings. The van der Waals surface area contributed by atoms with Gasteiger partial charge in [0.15, 0.2) is 0 Å². The molecule has 4 N–H and O–H groups in total. The first-order chi connectivity index (χ1) is 16.1. The van der Waals surface area contributed by atoms with E-state index in [1.165, 1.54) is 6.42 Å². The van der Waals surface area contributed by atoms with Crippen molar-refractivity contribution >= 4 is 34.8 Å². The Morgan fingerprint density at radius 3 is 1.82 bits per heavy atom. The van der Waals surface area contributed by atoms with Gasteiger partial charge < -0.3 is 21.3 Å². The number of anilines is 2. The predicted molar refractivity (Wildman–Crippen MR) is 137 cm³/mol. The van der Waals surface area contributed by atoms with E-state index >= 15 is 0 Å². The third-order valence-corrected chi connectivity index (χ3v) is 6.08. The van der Waals surface area contributed by atoms with Crippen LogP contribution in [0.1, 0.15) is 47.0 Å². The molecule has 4 amide bonds. The summed E-state index contributed by atoms with van der Waals surface area (Å²) in [6.45, 7) is 9.88. The van der Waals surface area contributed by atoms with Crippen LogP contribution < -0.4 is 21.3 Å². The molecule has 1 fully saturated rings. The zero-order chi connectivity index (χ0) is 24.8. The van der Waals surface area contributed by atoms with Gasteiger partial charge in [-0.05, 0) is 84.5 Å². The van der Waals surface area contributed by atoms with Crippen molar-refractivity contribution < 1.29 is 9.59 Å². The van der Waals surface area contributed by atoms with Crippen LogP contribution >= 0.6 is 0 Å². The molecule has 1 aliphatic rings. The lowest BCUT2D eigenvalue weighted by Gasteiger charge is -2.46. The van der Waals surface area contributed by atoms with Crippen molar-refractivity contribution in [2.75, 3.05) is 24.2 Å². The van der Waals surface area contributed by atoms with Crippen LogP contribution in [0.15, 0.2) is 58.8 Å². The van der Waals surface area contributed by atoms with Gasteiger partial charge in [-0.1, -0.05) is 27.7 Å². The first-order valence-corrected chi connectivity index (χ1v) is 11.7. The molecule has 0 radical (unpaired) electrons. The van der Waals surface area contributed by atoms with Crippen LogP contribution in [0.3, 0.4) is 0 Å². The van der Waals surface area contributed by atoms with E-state index in [0.717, 1.165) is 12.8 Å². The Balaban J connectivity index is 1.49. The highest BCUT2D eigenvalue weighted by Crippen LogP contribution is 2.48. The molecule has 3 rings (SSSR count). The summed E-state index contributed by atoms with van der Waals surface area (Å²) in [7, 11) is 1.56. The summed E-state index contributed by atoms with van der Waals surface area (Å²) in [5.74, 6) is 0.664. The molecule has 0 bridgehead atoms. The Bertz CT molecular complexity index is 1020. The molecule has 0 aromatic heterocycles. The normalized spacial score (nSPS) is 21.6. The third-order valence-electron chi connectivity index (χ3n) is 6.08. The third kappa shape index (κ3) is 7.57. The van der Waals surface area contributed by atoms with Crippen LogP contribution in [0.2, 0.25) is 0 Å². The number of rotatable bonds is 6. The minimum Gasteiger partial charge on any atom is -0.341 e. The van der Waals surface area contributed by atoms with Crippen molar-refractivity contribution in [2.45, 2.75) is 47.0 Å². The topological polar surface area (TPSA) is 107 Å². The van der Waals surface area contributed by atoms with E-state index in [2.05, 4.69) is 59.2 Å². The lowest BCUT2D eigenvalue weighted by atomic mass is 9.61. The zero-order valence-electron chi connectivity index (χ0n) is 20.7. The molecule has 2 aromatic carbocycles. The van der Waals surface area contributed by atoms with Crippen LogP contribution in [0.5, 0.6) is 0 Å². The number of carbonyl (C=O) groups excluding carboxylic acids is 2. The minimum atomic E-state index is -0.279. The van der Waals surface area contributed by atoms with E-state index in [1.54, 1.807) is 55.6 Å². The fraction of sp³-hybridized carbons (Fsp3) is 0.462. The highest BCUT2D eigenvalue weighted by atomic mass is 16.2. The van der Waals surface area contributed by atoms with Crippen LogP contribution in [-0.2, 0) is 0 Å². The number of urea groups is 2. The molecule has 0 saturated heterocycles. The standard InChI is InChI=1S/C26H36N6O2/c1-18-14-25(2,3)16-26(4,15-18)17-28-24(34)30-20-8-12-22(13-9-20)32-31-21-10-6-19(7-11-21)29-23(33)27-5/h6-13,18H,14-17H2,1-5H3,(H2,27,29,33)(H2,28,30,34). The van der Waals surface area contributed by atoms with Gasteiger partial charge in [0.25, 0.3) is 0 Å². The number of hydrogen-bond acceptors (Lipinski definition) is 4. The maximum Gasteiger partial charge on any atom is 0.319 e. The smallest absolute Gasteiger partial charge is 0.319 e. The fourth-order valence-electron chi connectivity index (χ4n) is 5.29. The van der Waals surface area contributed by atoms with Crippen LogP contribution in [0.4, 0.5) is 32.3 Å². The van der Waals surface area contributed by atoms with Crippen LogP contribution in [0.25, 0.3) is 0 Å². The Labute approximate surface area is 202 Å². The second kappa shape index (κ2) is 10.7. The second-order valence-corrected chi connectivity index (χ2v) is 10.5. The van der Waals surface area contributed by atoms with Crippen molar-refractivity contribution in [1.29, 1.82) is 0 Å². The Kier molecular flexibility index (Phi) is 7.91. The lowest BCUT2D eigenvalue weighted by Crippen LogP contribution is -2.44. The van der Waals surface area contributed by atoms with Gasteiger partial charge in [-0.3, -0.25) is 0 Å². The number of azo groups is 1. The Morgan fingerprint density at radius 2 is 1.35 bits per heavy atom. The molecule has 2 unspecified atom stereocenters. The summed E-state index contributed by atoms with van der Waals surface area (Å²) in [6, 6.07) is 13.8. The largest absolute Gasteiger partial charge is 0.341 e. The van der Waals surface area contributed by atoms with Gasteiger partial charge >= 0.3 is 12.1 Å². The highest BCUT2D eigenvalue weighted by Gasteiger charge is 2.39. The van der Waals surface area contributed by atoms with Crippen molar-refractivity contribution in [3.63, 3.8) is 0 Å². The second-order valence-electron chi connectivity index (χ2n) is 10.5. The van der Waals surface area contributed by atoms with E-state index in [-0.39, 0.29) is 17.5 Å². The van der Waals surface area contributed by atoms with Crippen LogP contribution in [0, 0.1) is 16.7 Å². The number of nitrogens with one attached hydrogen (secondary N) is 4. The minimum absolute atomic E-state index is 0.111. The summed E-state index contributed by atoms with van der Waals surface area (Å²) in [6.07, 6.45) is 3.47. The maximum atomic E-state index is 12.5. The van der Waals surface area contributed by atoms with E-state index in [1.807, 2.05) is 0 Å². The van der Waals surface area contributed by atoms with Gasteiger partial charge in [0.2, 0.25) is 0 Å². The van der Waals surface area contributed by atoms with Gasteiger partial charge in [-0.2, -0.15) is 10.2 Å². The molecule has 8 heteroatoms. The number of nitrogens with zero attached hydrogens (tertiary/aromatic N) is 2. The monoisotopic (exact) mass is 464 g/mol. The maximum absolute atomic E-state index is 12.5. The van der Waals surface area contributed by atoms with E-state index in [4.69, 9.17) is 0 Å². The molecule has 34 heavy (non-hydrogen) atoms. The first-order valence-electron chi connectivity index (χ1n) is 11.7. The van der Waals surface area contributed by atoms with Crippen molar-refractivity contribution in [3.05, 3.63) is 48.5 Å².